The number of aromatic amines is 1. The molecule has 31 heavy (non-hydrogen) atoms. The van der Waals surface area contributed by atoms with Crippen molar-refractivity contribution in [2.24, 2.45) is 7.05 Å². The van der Waals surface area contributed by atoms with Gasteiger partial charge in [-0.1, -0.05) is 24.3 Å². The molecule has 2 N–H and O–H groups in total. The molecule has 0 radical (unpaired) electrons. The Hall–Kier alpha value is -2.61. The fourth-order valence-corrected chi connectivity index (χ4v) is 5.99. The van der Waals surface area contributed by atoms with Gasteiger partial charge in [-0.3, -0.25) is 4.90 Å². The zero-order valence-corrected chi connectivity index (χ0v) is 18.7. The molecule has 0 aliphatic carbocycles. The molecule has 2 aromatic heterocycles. The van der Waals surface area contributed by atoms with E-state index in [0.29, 0.717) is 12.6 Å². The van der Waals surface area contributed by atoms with Gasteiger partial charge in [0.15, 0.2) is 0 Å². The Balaban J connectivity index is 1.48. The number of fused-ring (bicyclic) bond motifs is 2. The molecule has 1 saturated heterocycles. The third kappa shape index (κ3) is 3.67. The Kier molecular flexibility index (Phi) is 5.12. The SMILES string of the molecule is C[C@H]1CCCN1C(CNS(=O)(=O)c1ccc2cc[nH]c2c1)c1cn(C)c2ccccc12. The van der Waals surface area contributed by atoms with Crippen LogP contribution in [0.25, 0.3) is 21.8 Å². The summed E-state index contributed by atoms with van der Waals surface area (Å²) in [5.74, 6) is 0. The summed E-state index contributed by atoms with van der Waals surface area (Å²) in [7, 11) is -1.58. The van der Waals surface area contributed by atoms with E-state index in [0.717, 1.165) is 35.8 Å². The lowest BCUT2D eigenvalue weighted by Gasteiger charge is -2.31. The second kappa shape index (κ2) is 7.82. The predicted octanol–water partition coefficient (Wildman–Crippen LogP) is 4.16. The van der Waals surface area contributed by atoms with Crippen LogP contribution in [-0.4, -0.2) is 42.0 Å². The molecule has 162 valence electrons. The zero-order valence-electron chi connectivity index (χ0n) is 17.9. The Labute approximate surface area is 182 Å². The van der Waals surface area contributed by atoms with E-state index in [1.807, 2.05) is 37.5 Å². The largest absolute Gasteiger partial charge is 0.361 e. The summed E-state index contributed by atoms with van der Waals surface area (Å²) in [6, 6.07) is 15.9. The zero-order chi connectivity index (χ0) is 21.6. The average Bonchev–Trinajstić information content (AvgIpc) is 3.48. The number of para-hydroxylation sites is 1. The van der Waals surface area contributed by atoms with Crippen LogP contribution < -0.4 is 4.72 Å². The van der Waals surface area contributed by atoms with E-state index in [1.54, 1.807) is 12.1 Å². The minimum absolute atomic E-state index is 0.0207. The molecule has 1 fully saturated rings. The Bertz CT molecular complexity index is 1340. The summed E-state index contributed by atoms with van der Waals surface area (Å²) in [6.45, 7) is 3.55. The number of benzene rings is 2. The number of sulfonamides is 1. The number of aromatic nitrogens is 2. The average molecular weight is 437 g/mol. The van der Waals surface area contributed by atoms with Gasteiger partial charge in [0.1, 0.15) is 0 Å². The first-order chi connectivity index (χ1) is 14.9. The molecule has 0 spiro atoms. The highest BCUT2D eigenvalue weighted by molar-refractivity contribution is 7.89. The molecular weight excluding hydrogens is 408 g/mol. The number of rotatable bonds is 6. The van der Waals surface area contributed by atoms with E-state index in [4.69, 9.17) is 0 Å². The normalized spacial score (nSPS) is 18.8. The van der Waals surface area contributed by atoms with E-state index >= 15 is 0 Å². The second-order valence-electron chi connectivity index (χ2n) is 8.54. The summed E-state index contributed by atoms with van der Waals surface area (Å²) in [4.78, 5) is 5.82. The highest BCUT2D eigenvalue weighted by Gasteiger charge is 2.32. The fourth-order valence-electron chi connectivity index (χ4n) is 4.93. The fraction of sp³-hybridized carbons (Fsp3) is 0.333. The number of nitrogens with zero attached hydrogens (tertiary/aromatic N) is 2. The molecule has 2 atom stereocenters. The van der Waals surface area contributed by atoms with E-state index in [1.165, 1.54) is 10.9 Å². The van der Waals surface area contributed by atoms with Crippen LogP contribution in [0.1, 0.15) is 31.4 Å². The van der Waals surface area contributed by atoms with Gasteiger partial charge >= 0.3 is 0 Å². The Morgan fingerprint density at radius 2 is 2.03 bits per heavy atom. The smallest absolute Gasteiger partial charge is 0.240 e. The maximum Gasteiger partial charge on any atom is 0.240 e. The number of H-pyrrole nitrogens is 1. The van der Waals surface area contributed by atoms with Crippen LogP contribution in [0, 0.1) is 0 Å². The Morgan fingerprint density at radius 3 is 2.84 bits per heavy atom. The first kappa shape index (κ1) is 20.3. The van der Waals surface area contributed by atoms with Crippen LogP contribution in [0.5, 0.6) is 0 Å². The van der Waals surface area contributed by atoms with Crippen molar-refractivity contribution < 1.29 is 8.42 Å². The van der Waals surface area contributed by atoms with Crippen molar-refractivity contribution in [1.82, 2.24) is 19.2 Å². The van der Waals surface area contributed by atoms with Crippen LogP contribution in [0.15, 0.2) is 65.8 Å². The molecule has 5 rings (SSSR count). The van der Waals surface area contributed by atoms with Crippen LogP contribution in [0.4, 0.5) is 0 Å². The quantitative estimate of drug-likeness (QED) is 0.477. The number of hydrogen-bond donors (Lipinski definition) is 2. The van der Waals surface area contributed by atoms with Crippen molar-refractivity contribution in [1.29, 1.82) is 0 Å². The standard InChI is InChI=1S/C24H28N4O2S/c1-17-6-5-13-28(17)24(21-16-27(2)23-8-4-3-7-20(21)23)15-26-31(29,30)19-10-9-18-11-12-25-22(18)14-19/h3-4,7-12,14,16-17,24-26H,5-6,13,15H2,1-2H3/t17-,24?/m0/s1. The van der Waals surface area contributed by atoms with E-state index in [-0.39, 0.29) is 10.9 Å². The minimum atomic E-state index is -3.63. The first-order valence-electron chi connectivity index (χ1n) is 10.8. The van der Waals surface area contributed by atoms with E-state index in [2.05, 4.69) is 44.4 Å². The van der Waals surface area contributed by atoms with Crippen LogP contribution >= 0.6 is 0 Å². The first-order valence-corrected chi connectivity index (χ1v) is 12.3. The van der Waals surface area contributed by atoms with E-state index < -0.39 is 10.0 Å². The van der Waals surface area contributed by atoms with Crippen molar-refractivity contribution in [2.75, 3.05) is 13.1 Å². The molecule has 1 unspecified atom stereocenters. The summed E-state index contributed by atoms with van der Waals surface area (Å²) in [5, 5.41) is 2.18. The minimum Gasteiger partial charge on any atom is -0.361 e. The number of aryl methyl sites for hydroxylation is 1. The van der Waals surface area contributed by atoms with E-state index in [9.17, 15) is 8.42 Å². The molecule has 3 heterocycles. The van der Waals surface area contributed by atoms with Crippen molar-refractivity contribution in [3.63, 3.8) is 0 Å². The molecule has 0 saturated carbocycles. The van der Waals surface area contributed by atoms with Crippen molar-refractivity contribution in [3.05, 3.63) is 66.5 Å². The van der Waals surface area contributed by atoms with Crippen LogP contribution in [0.2, 0.25) is 0 Å². The molecule has 1 aliphatic heterocycles. The number of nitrogens with one attached hydrogen (secondary N) is 2. The number of hydrogen-bond acceptors (Lipinski definition) is 3. The van der Waals surface area contributed by atoms with Crippen LogP contribution in [0.3, 0.4) is 0 Å². The topological polar surface area (TPSA) is 70.1 Å². The van der Waals surface area contributed by atoms with Crippen molar-refractivity contribution >= 4 is 31.8 Å². The lowest BCUT2D eigenvalue weighted by atomic mass is 10.0. The molecule has 0 bridgehead atoms. The van der Waals surface area contributed by atoms with Gasteiger partial charge in [-0.05, 0) is 61.5 Å². The van der Waals surface area contributed by atoms with Gasteiger partial charge in [0.2, 0.25) is 10.0 Å². The van der Waals surface area contributed by atoms with Crippen LogP contribution in [-0.2, 0) is 17.1 Å². The molecule has 6 nitrogen and oxygen atoms in total. The molecule has 0 amide bonds. The molecule has 2 aromatic carbocycles. The Morgan fingerprint density at radius 1 is 1.19 bits per heavy atom. The summed E-state index contributed by atoms with van der Waals surface area (Å²) >= 11 is 0. The molecule has 7 heteroatoms. The summed E-state index contributed by atoms with van der Waals surface area (Å²) in [5.41, 5.74) is 3.16. The van der Waals surface area contributed by atoms with Crippen molar-refractivity contribution in [2.45, 2.75) is 36.7 Å². The van der Waals surface area contributed by atoms with Gasteiger partial charge in [-0.15, -0.1) is 0 Å². The molecular formula is C24H28N4O2S. The number of likely N-dealkylation sites (tertiary alicyclic amines) is 1. The molecule has 4 aromatic rings. The monoisotopic (exact) mass is 436 g/mol. The molecule has 1 aliphatic rings. The maximum absolute atomic E-state index is 13.1. The van der Waals surface area contributed by atoms with Gasteiger partial charge in [0.25, 0.3) is 0 Å². The second-order valence-corrected chi connectivity index (χ2v) is 10.3. The van der Waals surface area contributed by atoms with Gasteiger partial charge in [0, 0.05) is 48.4 Å². The maximum atomic E-state index is 13.1. The highest BCUT2D eigenvalue weighted by Crippen LogP contribution is 2.34. The van der Waals surface area contributed by atoms with Gasteiger partial charge in [0.05, 0.1) is 10.9 Å². The summed E-state index contributed by atoms with van der Waals surface area (Å²) in [6.07, 6.45) is 6.25. The predicted molar refractivity (Wildman–Crippen MR) is 125 cm³/mol. The highest BCUT2D eigenvalue weighted by atomic mass is 32.2. The third-order valence-corrected chi connectivity index (χ3v) is 8.02. The summed E-state index contributed by atoms with van der Waals surface area (Å²) < 4.78 is 31.3. The van der Waals surface area contributed by atoms with Gasteiger partial charge in [-0.25, -0.2) is 13.1 Å². The van der Waals surface area contributed by atoms with Gasteiger partial charge < -0.3 is 9.55 Å². The van der Waals surface area contributed by atoms with Gasteiger partial charge in [-0.2, -0.15) is 0 Å². The lowest BCUT2D eigenvalue weighted by Crippen LogP contribution is -2.39. The lowest BCUT2D eigenvalue weighted by molar-refractivity contribution is 0.193. The third-order valence-electron chi connectivity index (χ3n) is 6.59. The van der Waals surface area contributed by atoms with Crippen molar-refractivity contribution in [3.8, 4) is 0 Å².